The number of hydrogen-bond acceptors (Lipinski definition) is 2. The van der Waals surface area contributed by atoms with Crippen molar-refractivity contribution in [1.82, 2.24) is 0 Å². The summed E-state index contributed by atoms with van der Waals surface area (Å²) in [5, 5.41) is 0. The van der Waals surface area contributed by atoms with E-state index in [4.69, 9.17) is 6.94 Å². The van der Waals surface area contributed by atoms with Crippen molar-refractivity contribution in [3.8, 4) is 0 Å². The first-order chi connectivity index (χ1) is 4.63. The molecular weight excluding hydrogens is 200 g/mol. The molecule has 0 amide bonds. The Morgan fingerprint density at radius 2 is 1.10 bits per heavy atom. The molecule has 4 heteroatoms. The molecule has 0 N–H and O–H groups in total. The van der Waals surface area contributed by atoms with Crippen molar-refractivity contribution in [2.24, 2.45) is 0 Å². The van der Waals surface area contributed by atoms with E-state index in [0.717, 1.165) is 0 Å². The molecule has 0 saturated carbocycles. The molecule has 10 heavy (non-hydrogen) atoms. The second kappa shape index (κ2) is 7.02. The van der Waals surface area contributed by atoms with Gasteiger partial charge in [0.15, 0.2) is 0 Å². The molecule has 0 heterocycles. The van der Waals surface area contributed by atoms with Crippen LogP contribution in [0.4, 0.5) is 0 Å². The third kappa shape index (κ3) is 9.35. The average molecular weight is 214 g/mol. The van der Waals surface area contributed by atoms with Crippen molar-refractivity contribution >= 4 is 0 Å². The number of hydrogen-bond donors (Lipinski definition) is 0. The summed E-state index contributed by atoms with van der Waals surface area (Å²) in [6, 6.07) is 0. The van der Waals surface area contributed by atoms with Gasteiger partial charge in [0.25, 0.3) is 0 Å². The van der Waals surface area contributed by atoms with Crippen LogP contribution in [-0.2, 0) is 46.0 Å². The van der Waals surface area contributed by atoms with Gasteiger partial charge >= 0.3 is 82.2 Å². The normalized spacial score (nSPS) is 10.6. The van der Waals surface area contributed by atoms with Crippen LogP contribution in [0.5, 0.6) is 0 Å². The molecule has 0 atom stereocenters. The van der Waals surface area contributed by atoms with Crippen LogP contribution < -0.4 is 0 Å². The summed E-state index contributed by atoms with van der Waals surface area (Å²) in [7, 11) is 0. The first kappa shape index (κ1) is 11.3. The SMILES string of the molecule is C[CH](C)[Ti][O][O][Ti][CH](C)C. The van der Waals surface area contributed by atoms with Crippen molar-refractivity contribution in [3.63, 3.8) is 0 Å². The Balaban J connectivity index is 2.91. The fourth-order valence-corrected chi connectivity index (χ4v) is 1.61. The van der Waals surface area contributed by atoms with E-state index in [1.807, 2.05) is 0 Å². The Morgan fingerprint density at radius 1 is 0.800 bits per heavy atom. The fourth-order valence-electron chi connectivity index (χ4n) is 0.241. The second-order valence-corrected chi connectivity index (χ2v) is 7.57. The minimum atomic E-state index is -0.277. The van der Waals surface area contributed by atoms with Gasteiger partial charge in [0.2, 0.25) is 0 Å². The van der Waals surface area contributed by atoms with Gasteiger partial charge in [-0.1, -0.05) is 0 Å². The maximum atomic E-state index is 5.09. The summed E-state index contributed by atoms with van der Waals surface area (Å²) in [6.45, 7) is 8.66. The van der Waals surface area contributed by atoms with Crippen LogP contribution in [0.1, 0.15) is 27.7 Å². The summed E-state index contributed by atoms with van der Waals surface area (Å²) in [4.78, 5) is 0. The average Bonchev–Trinajstić information content (AvgIpc) is 1.79. The third-order valence-corrected chi connectivity index (χ3v) is 3.05. The predicted molar refractivity (Wildman–Crippen MR) is 32.4 cm³/mol. The van der Waals surface area contributed by atoms with E-state index in [2.05, 4.69) is 27.7 Å². The van der Waals surface area contributed by atoms with Crippen molar-refractivity contribution in [2.75, 3.05) is 0 Å². The van der Waals surface area contributed by atoms with Gasteiger partial charge in [-0.3, -0.25) is 0 Å². The van der Waals surface area contributed by atoms with E-state index in [0.29, 0.717) is 8.45 Å². The van der Waals surface area contributed by atoms with E-state index >= 15 is 0 Å². The van der Waals surface area contributed by atoms with Crippen molar-refractivity contribution in [1.29, 1.82) is 0 Å². The van der Waals surface area contributed by atoms with Crippen molar-refractivity contribution in [3.05, 3.63) is 0 Å². The molecule has 0 rings (SSSR count). The molecule has 0 fully saturated rings. The first-order valence-electron chi connectivity index (χ1n) is 3.46. The molecule has 0 aromatic heterocycles. The summed E-state index contributed by atoms with van der Waals surface area (Å²) in [5.74, 6) is 0. The van der Waals surface area contributed by atoms with Gasteiger partial charge in [0.05, 0.1) is 0 Å². The molecule has 0 aliphatic carbocycles. The summed E-state index contributed by atoms with van der Waals surface area (Å²) in [5.41, 5.74) is 0. The van der Waals surface area contributed by atoms with Crippen LogP contribution in [-0.4, -0.2) is 0 Å². The molecular formula is C6H14O2Ti2. The van der Waals surface area contributed by atoms with E-state index in [-0.39, 0.29) is 39.1 Å². The van der Waals surface area contributed by atoms with Crippen molar-refractivity contribution in [2.45, 2.75) is 36.1 Å². The molecule has 0 radical (unpaired) electrons. The molecule has 58 valence electrons. The number of rotatable bonds is 5. The van der Waals surface area contributed by atoms with Crippen LogP contribution in [0.2, 0.25) is 8.45 Å². The Labute approximate surface area is 81.8 Å². The molecule has 2 nitrogen and oxygen atoms in total. The first-order valence-corrected chi connectivity index (χ1v) is 6.54. The summed E-state index contributed by atoms with van der Waals surface area (Å²) in [6.07, 6.45) is 0. The minimum absolute atomic E-state index is 0.277. The van der Waals surface area contributed by atoms with Crippen LogP contribution >= 0.6 is 0 Å². The molecule has 0 aliphatic rings. The maximum absolute atomic E-state index is 5.09. The van der Waals surface area contributed by atoms with E-state index in [9.17, 15) is 0 Å². The van der Waals surface area contributed by atoms with Gasteiger partial charge < -0.3 is 0 Å². The quantitative estimate of drug-likeness (QED) is 0.303. The predicted octanol–water partition coefficient (Wildman–Crippen LogP) is 2.59. The molecule has 0 unspecified atom stereocenters. The van der Waals surface area contributed by atoms with Gasteiger partial charge in [-0.15, -0.1) is 0 Å². The molecule has 0 aromatic carbocycles. The second-order valence-electron chi connectivity index (χ2n) is 2.71. The van der Waals surface area contributed by atoms with Gasteiger partial charge in [0.1, 0.15) is 0 Å². The molecule has 0 spiro atoms. The Kier molecular flexibility index (Phi) is 7.97. The Morgan fingerprint density at radius 3 is 1.30 bits per heavy atom. The van der Waals surface area contributed by atoms with Gasteiger partial charge in [0, 0.05) is 0 Å². The van der Waals surface area contributed by atoms with E-state index in [1.54, 1.807) is 0 Å². The van der Waals surface area contributed by atoms with E-state index < -0.39 is 0 Å². The van der Waals surface area contributed by atoms with Gasteiger partial charge in [-0.25, -0.2) is 0 Å². The third-order valence-electron chi connectivity index (χ3n) is 0.609. The summed E-state index contributed by atoms with van der Waals surface area (Å²) >= 11 is -0.554. The van der Waals surface area contributed by atoms with Crippen LogP contribution in [0.15, 0.2) is 0 Å². The molecule has 0 aliphatic heterocycles. The fraction of sp³-hybridized carbons (Fsp3) is 1.00. The Hall–Kier alpha value is 1.35. The standard InChI is InChI=1S/2C3H7.O2.2Ti/c2*1-3-2;1-2;;/h2*3H,1-2H3;;;/q;;-2;2*+1. The van der Waals surface area contributed by atoms with Gasteiger partial charge in [-0.05, 0) is 0 Å². The zero-order valence-corrected chi connectivity index (χ0v) is 10.1. The van der Waals surface area contributed by atoms with Gasteiger partial charge in [-0.2, -0.15) is 0 Å². The monoisotopic (exact) mass is 214 g/mol. The van der Waals surface area contributed by atoms with Crippen molar-refractivity contribution < 1.29 is 46.0 Å². The summed E-state index contributed by atoms with van der Waals surface area (Å²) < 4.78 is 11.6. The van der Waals surface area contributed by atoms with Crippen LogP contribution in [0.25, 0.3) is 0 Å². The molecule has 0 saturated heterocycles. The zero-order chi connectivity index (χ0) is 7.98. The topological polar surface area (TPSA) is 18.5 Å². The van der Waals surface area contributed by atoms with Crippen LogP contribution in [0, 0.1) is 0 Å². The zero-order valence-electron chi connectivity index (χ0n) is 6.97. The molecule has 0 bridgehead atoms. The van der Waals surface area contributed by atoms with E-state index in [1.165, 1.54) is 0 Å². The Bertz CT molecular complexity index is 66.1. The molecule has 0 aromatic rings. The van der Waals surface area contributed by atoms with Crippen LogP contribution in [0.3, 0.4) is 0 Å².